The van der Waals surface area contributed by atoms with Gasteiger partial charge in [0.25, 0.3) is 0 Å². The Morgan fingerprint density at radius 3 is 2.80 bits per heavy atom. The van der Waals surface area contributed by atoms with E-state index in [4.69, 9.17) is 5.11 Å². The van der Waals surface area contributed by atoms with E-state index in [2.05, 4.69) is 12.2 Å². The average Bonchev–Trinajstić information content (AvgIpc) is 2.65. The zero-order valence-corrected chi connectivity index (χ0v) is 9.03. The van der Waals surface area contributed by atoms with Crippen LogP contribution in [0.3, 0.4) is 0 Å². The molecule has 86 valence electrons. The Morgan fingerprint density at radius 1 is 1.53 bits per heavy atom. The number of rotatable bonds is 4. The highest BCUT2D eigenvalue weighted by molar-refractivity contribution is 5.75. The predicted octanol–water partition coefficient (Wildman–Crippen LogP) is 0.903. The van der Waals surface area contributed by atoms with Crippen LogP contribution in [0.4, 0.5) is 4.79 Å². The van der Waals surface area contributed by atoms with Crippen molar-refractivity contribution < 1.29 is 14.7 Å². The lowest BCUT2D eigenvalue weighted by atomic mass is 10.1. The molecular formula is C10H18N2O3. The third-order valence-corrected chi connectivity index (χ3v) is 2.77. The Hall–Kier alpha value is -1.26. The van der Waals surface area contributed by atoms with Crippen LogP contribution in [0.25, 0.3) is 0 Å². The molecule has 0 aromatic carbocycles. The van der Waals surface area contributed by atoms with Gasteiger partial charge in [0.2, 0.25) is 0 Å². The fourth-order valence-corrected chi connectivity index (χ4v) is 1.74. The fourth-order valence-electron chi connectivity index (χ4n) is 1.74. The van der Waals surface area contributed by atoms with Gasteiger partial charge in [0.1, 0.15) is 0 Å². The number of carboxylic acids is 1. The number of aliphatic carboxylic acids is 1. The number of carbonyl (C=O) groups is 2. The summed E-state index contributed by atoms with van der Waals surface area (Å²) in [7, 11) is 0. The van der Waals surface area contributed by atoms with E-state index in [1.54, 1.807) is 4.90 Å². The predicted molar refractivity (Wildman–Crippen MR) is 55.6 cm³/mol. The molecular weight excluding hydrogens is 196 g/mol. The first-order chi connectivity index (χ1) is 7.13. The normalized spacial score (nSPS) is 20.3. The lowest BCUT2D eigenvalue weighted by molar-refractivity contribution is -0.136. The number of nitrogens with one attached hydrogen (secondary N) is 1. The number of carbonyl (C=O) groups excluding carboxylic acids is 1. The zero-order valence-electron chi connectivity index (χ0n) is 9.03. The lowest BCUT2D eigenvalue weighted by Crippen LogP contribution is -2.39. The van der Waals surface area contributed by atoms with Crippen LogP contribution < -0.4 is 5.32 Å². The van der Waals surface area contributed by atoms with Gasteiger partial charge in [-0.05, 0) is 12.3 Å². The van der Waals surface area contributed by atoms with Crippen LogP contribution in [0.1, 0.15) is 26.2 Å². The second kappa shape index (κ2) is 5.58. The maximum Gasteiger partial charge on any atom is 0.317 e. The Morgan fingerprint density at radius 2 is 2.27 bits per heavy atom. The van der Waals surface area contributed by atoms with Crippen LogP contribution >= 0.6 is 0 Å². The van der Waals surface area contributed by atoms with E-state index in [1.165, 1.54) is 0 Å². The minimum absolute atomic E-state index is 0.0171. The molecule has 0 aromatic rings. The van der Waals surface area contributed by atoms with Crippen molar-refractivity contribution in [3.05, 3.63) is 0 Å². The van der Waals surface area contributed by atoms with Crippen molar-refractivity contribution >= 4 is 12.0 Å². The first-order valence-corrected chi connectivity index (χ1v) is 5.38. The van der Waals surface area contributed by atoms with Gasteiger partial charge in [0.15, 0.2) is 0 Å². The Labute approximate surface area is 89.4 Å². The van der Waals surface area contributed by atoms with E-state index in [1.807, 2.05) is 0 Å². The zero-order chi connectivity index (χ0) is 11.3. The van der Waals surface area contributed by atoms with Gasteiger partial charge in [0.05, 0.1) is 6.42 Å². The molecule has 5 heteroatoms. The molecule has 0 bridgehead atoms. The lowest BCUT2D eigenvalue weighted by Gasteiger charge is -2.16. The van der Waals surface area contributed by atoms with Crippen LogP contribution in [0.5, 0.6) is 0 Å². The monoisotopic (exact) mass is 214 g/mol. The molecule has 0 aromatic heterocycles. The second-order valence-electron chi connectivity index (χ2n) is 3.88. The van der Waals surface area contributed by atoms with E-state index in [0.717, 1.165) is 25.9 Å². The summed E-state index contributed by atoms with van der Waals surface area (Å²) in [6.07, 6.45) is 2.14. The van der Waals surface area contributed by atoms with E-state index < -0.39 is 5.97 Å². The van der Waals surface area contributed by atoms with E-state index in [-0.39, 0.29) is 19.0 Å². The Balaban J connectivity index is 2.20. The standard InChI is InChI=1S/C10H18N2O3/c1-2-8-4-6-12(7-8)10(15)11-5-3-9(13)14/h8H,2-7H2,1H3,(H,11,15)(H,13,14). The molecule has 1 aliphatic rings. The van der Waals surface area contributed by atoms with Crippen LogP contribution in [0.15, 0.2) is 0 Å². The minimum atomic E-state index is -0.886. The molecule has 2 N–H and O–H groups in total. The Bertz CT molecular complexity index is 243. The first kappa shape index (κ1) is 11.8. The van der Waals surface area contributed by atoms with Crippen molar-refractivity contribution in [2.45, 2.75) is 26.2 Å². The molecule has 5 nitrogen and oxygen atoms in total. The molecule has 1 aliphatic heterocycles. The average molecular weight is 214 g/mol. The summed E-state index contributed by atoms with van der Waals surface area (Å²) in [6.45, 7) is 3.92. The molecule has 1 rings (SSSR count). The molecule has 0 spiro atoms. The van der Waals surface area contributed by atoms with Gasteiger partial charge in [-0.3, -0.25) is 4.79 Å². The SMILES string of the molecule is CCC1CCN(C(=O)NCCC(=O)O)C1. The number of urea groups is 1. The number of amides is 2. The van der Waals surface area contributed by atoms with E-state index in [9.17, 15) is 9.59 Å². The van der Waals surface area contributed by atoms with Gasteiger partial charge in [-0.2, -0.15) is 0 Å². The minimum Gasteiger partial charge on any atom is -0.481 e. The molecule has 1 heterocycles. The fraction of sp³-hybridized carbons (Fsp3) is 0.800. The van der Waals surface area contributed by atoms with Gasteiger partial charge in [-0.15, -0.1) is 0 Å². The van der Waals surface area contributed by atoms with Gasteiger partial charge in [0, 0.05) is 19.6 Å². The summed E-state index contributed by atoms with van der Waals surface area (Å²) in [5.41, 5.74) is 0. The third kappa shape index (κ3) is 3.77. The summed E-state index contributed by atoms with van der Waals surface area (Å²) in [6, 6.07) is -0.132. The molecule has 0 radical (unpaired) electrons. The van der Waals surface area contributed by atoms with Crippen molar-refractivity contribution in [2.24, 2.45) is 5.92 Å². The second-order valence-corrected chi connectivity index (χ2v) is 3.88. The molecule has 0 saturated carbocycles. The highest BCUT2D eigenvalue weighted by Gasteiger charge is 2.24. The summed E-state index contributed by atoms with van der Waals surface area (Å²) in [5, 5.41) is 11.0. The molecule has 1 atom stereocenters. The van der Waals surface area contributed by atoms with Crippen LogP contribution in [0.2, 0.25) is 0 Å². The number of hydrogen-bond acceptors (Lipinski definition) is 2. The van der Waals surface area contributed by atoms with Gasteiger partial charge in [-0.1, -0.05) is 13.3 Å². The van der Waals surface area contributed by atoms with Crippen molar-refractivity contribution in [2.75, 3.05) is 19.6 Å². The summed E-state index contributed by atoms with van der Waals surface area (Å²) in [4.78, 5) is 23.5. The van der Waals surface area contributed by atoms with Gasteiger partial charge < -0.3 is 15.3 Å². The van der Waals surface area contributed by atoms with Crippen molar-refractivity contribution in [3.63, 3.8) is 0 Å². The highest BCUT2D eigenvalue weighted by atomic mass is 16.4. The van der Waals surface area contributed by atoms with Gasteiger partial charge in [-0.25, -0.2) is 4.79 Å². The van der Waals surface area contributed by atoms with Crippen LogP contribution in [-0.4, -0.2) is 41.6 Å². The highest BCUT2D eigenvalue weighted by Crippen LogP contribution is 2.18. The molecule has 1 unspecified atom stereocenters. The van der Waals surface area contributed by atoms with Crippen molar-refractivity contribution in [3.8, 4) is 0 Å². The number of nitrogens with zero attached hydrogens (tertiary/aromatic N) is 1. The van der Waals surface area contributed by atoms with Crippen molar-refractivity contribution in [1.29, 1.82) is 0 Å². The quantitative estimate of drug-likeness (QED) is 0.730. The summed E-state index contributed by atoms with van der Waals surface area (Å²) in [5.74, 6) is -0.279. The Kier molecular flexibility index (Phi) is 4.39. The van der Waals surface area contributed by atoms with Gasteiger partial charge >= 0.3 is 12.0 Å². The maximum absolute atomic E-state index is 11.5. The number of hydrogen-bond donors (Lipinski definition) is 2. The smallest absolute Gasteiger partial charge is 0.317 e. The number of carboxylic acid groups (broad SMARTS) is 1. The first-order valence-electron chi connectivity index (χ1n) is 5.38. The molecule has 0 aliphatic carbocycles. The van der Waals surface area contributed by atoms with E-state index in [0.29, 0.717) is 5.92 Å². The molecule has 2 amide bonds. The van der Waals surface area contributed by atoms with Crippen LogP contribution in [0, 0.1) is 5.92 Å². The van der Waals surface area contributed by atoms with Crippen LogP contribution in [-0.2, 0) is 4.79 Å². The summed E-state index contributed by atoms with van der Waals surface area (Å²) < 4.78 is 0. The van der Waals surface area contributed by atoms with Crippen molar-refractivity contribution in [1.82, 2.24) is 10.2 Å². The maximum atomic E-state index is 11.5. The number of likely N-dealkylation sites (tertiary alicyclic amines) is 1. The molecule has 1 fully saturated rings. The third-order valence-electron chi connectivity index (χ3n) is 2.77. The molecule has 1 saturated heterocycles. The van der Waals surface area contributed by atoms with E-state index >= 15 is 0 Å². The largest absolute Gasteiger partial charge is 0.481 e. The summed E-state index contributed by atoms with van der Waals surface area (Å²) >= 11 is 0. The molecule has 15 heavy (non-hydrogen) atoms. The topological polar surface area (TPSA) is 69.6 Å².